The molecule has 6 heteroatoms. The Hall–Kier alpha value is -2.89. The van der Waals surface area contributed by atoms with E-state index in [9.17, 15) is 4.79 Å². The summed E-state index contributed by atoms with van der Waals surface area (Å²) in [5, 5.41) is 10.3. The summed E-state index contributed by atoms with van der Waals surface area (Å²) in [5.41, 5.74) is 1.25. The number of hydrogen-bond donors (Lipinski definition) is 0. The van der Waals surface area contributed by atoms with E-state index in [2.05, 4.69) is 10.3 Å². The van der Waals surface area contributed by atoms with Gasteiger partial charge in [0.1, 0.15) is 11.0 Å². The summed E-state index contributed by atoms with van der Waals surface area (Å²) < 4.78 is 12.1. The molecule has 0 unspecified atom stereocenters. The first-order valence-electron chi connectivity index (χ1n) is 6.16. The van der Waals surface area contributed by atoms with Crippen LogP contribution in [-0.2, 0) is 0 Å². The highest BCUT2D eigenvalue weighted by atomic mass is 16.7. The van der Waals surface area contributed by atoms with E-state index in [1.807, 2.05) is 24.3 Å². The quantitative estimate of drug-likeness (QED) is 0.451. The minimum Gasteiger partial charge on any atom is -0.454 e. The first-order chi connectivity index (χ1) is 9.83. The highest BCUT2D eigenvalue weighted by Crippen LogP contribution is 2.37. The molecule has 0 amide bonds. The van der Waals surface area contributed by atoms with E-state index in [1.54, 1.807) is 6.07 Å². The molecule has 0 aliphatic carbocycles. The van der Waals surface area contributed by atoms with Gasteiger partial charge < -0.3 is 9.47 Å². The summed E-state index contributed by atoms with van der Waals surface area (Å²) in [6, 6.07) is 9.26. The molecule has 6 nitrogen and oxygen atoms in total. The van der Waals surface area contributed by atoms with Crippen molar-refractivity contribution in [1.29, 1.82) is 0 Å². The third-order valence-corrected chi connectivity index (χ3v) is 3.69. The Labute approximate surface area is 111 Å². The molecule has 0 fully saturated rings. The van der Waals surface area contributed by atoms with Crippen LogP contribution in [0.3, 0.4) is 0 Å². The molecule has 20 heavy (non-hydrogen) atoms. The van der Waals surface area contributed by atoms with E-state index in [4.69, 9.17) is 9.47 Å². The normalized spacial score (nSPS) is 13.8. The van der Waals surface area contributed by atoms with E-state index < -0.39 is 0 Å². The summed E-state index contributed by atoms with van der Waals surface area (Å²) in [6.07, 6.45) is 0. The molecule has 2 aromatic heterocycles. The Kier molecular flexibility index (Phi) is 1.58. The number of hydrogen-bond acceptors (Lipinski definition) is 5. The fourth-order valence-electron chi connectivity index (χ4n) is 2.79. The molecule has 0 radical (unpaired) electrons. The average molecular weight is 265 g/mol. The van der Waals surface area contributed by atoms with Gasteiger partial charge in [-0.05, 0) is 18.2 Å². The Morgan fingerprint density at radius 2 is 1.85 bits per heavy atom. The third kappa shape index (κ3) is 1.03. The summed E-state index contributed by atoms with van der Waals surface area (Å²) >= 11 is 0. The van der Waals surface area contributed by atoms with Gasteiger partial charge in [0.2, 0.25) is 6.79 Å². The summed E-state index contributed by atoms with van der Waals surface area (Å²) in [7, 11) is 0. The van der Waals surface area contributed by atoms with Crippen molar-refractivity contribution in [2.45, 2.75) is 0 Å². The number of nitrogens with zero attached hydrogens (tertiary/aromatic N) is 3. The van der Waals surface area contributed by atoms with E-state index in [-0.39, 0.29) is 12.4 Å². The monoisotopic (exact) mass is 265 g/mol. The summed E-state index contributed by atoms with van der Waals surface area (Å²) in [5.74, 6) is 1.25. The highest BCUT2D eigenvalue weighted by Gasteiger charge is 2.19. The second kappa shape index (κ2) is 3.16. The largest absolute Gasteiger partial charge is 0.454 e. The maximum atomic E-state index is 12.5. The van der Waals surface area contributed by atoms with Crippen LogP contribution >= 0.6 is 0 Å². The molecule has 4 aromatic rings. The molecule has 96 valence electrons. The molecule has 3 heterocycles. The van der Waals surface area contributed by atoms with E-state index in [0.29, 0.717) is 22.4 Å². The lowest BCUT2D eigenvalue weighted by atomic mass is 10.1. The Bertz CT molecular complexity index is 1050. The van der Waals surface area contributed by atoms with Gasteiger partial charge in [-0.3, -0.25) is 4.79 Å². The van der Waals surface area contributed by atoms with E-state index >= 15 is 0 Å². The van der Waals surface area contributed by atoms with Gasteiger partial charge in [-0.2, -0.15) is 4.52 Å². The van der Waals surface area contributed by atoms with Crippen molar-refractivity contribution in [1.82, 2.24) is 14.8 Å². The van der Waals surface area contributed by atoms with Crippen LogP contribution in [0.25, 0.3) is 27.2 Å². The van der Waals surface area contributed by atoms with Crippen molar-refractivity contribution < 1.29 is 9.47 Å². The summed E-state index contributed by atoms with van der Waals surface area (Å²) in [4.78, 5) is 12.5. The van der Waals surface area contributed by atoms with Crippen LogP contribution in [0.15, 0.2) is 35.1 Å². The fraction of sp³-hybridized carbons (Fsp3) is 0.0714. The van der Waals surface area contributed by atoms with Crippen LogP contribution in [0.2, 0.25) is 0 Å². The lowest BCUT2D eigenvalue weighted by molar-refractivity contribution is 0.174. The maximum absolute atomic E-state index is 12.5. The minimum absolute atomic E-state index is 0.183. The van der Waals surface area contributed by atoms with Gasteiger partial charge in [0.15, 0.2) is 11.5 Å². The summed E-state index contributed by atoms with van der Waals surface area (Å²) in [6.45, 7) is 0.183. The number of para-hydroxylation sites is 1. The molecular weight excluding hydrogens is 258 g/mol. The van der Waals surface area contributed by atoms with Crippen molar-refractivity contribution in [2.75, 3.05) is 6.79 Å². The lowest BCUT2D eigenvalue weighted by Gasteiger charge is -2.05. The van der Waals surface area contributed by atoms with E-state index in [1.165, 1.54) is 4.52 Å². The molecule has 0 saturated heterocycles. The van der Waals surface area contributed by atoms with Crippen LogP contribution in [0.4, 0.5) is 0 Å². The van der Waals surface area contributed by atoms with Crippen LogP contribution in [0, 0.1) is 0 Å². The topological polar surface area (TPSA) is 65.7 Å². The number of rotatable bonds is 0. The zero-order valence-electron chi connectivity index (χ0n) is 10.2. The van der Waals surface area contributed by atoms with Gasteiger partial charge in [-0.25, -0.2) is 0 Å². The third-order valence-electron chi connectivity index (χ3n) is 3.69. The van der Waals surface area contributed by atoms with Crippen LogP contribution in [0.1, 0.15) is 0 Å². The predicted molar refractivity (Wildman–Crippen MR) is 71.6 cm³/mol. The zero-order chi connectivity index (χ0) is 13.3. The fourth-order valence-corrected chi connectivity index (χ4v) is 2.79. The maximum Gasteiger partial charge on any atom is 0.280 e. The van der Waals surface area contributed by atoms with Gasteiger partial charge in [-0.1, -0.05) is 17.3 Å². The van der Waals surface area contributed by atoms with Gasteiger partial charge in [0.25, 0.3) is 5.56 Å². The Balaban J connectivity index is 2.15. The molecule has 0 bridgehead atoms. The van der Waals surface area contributed by atoms with Crippen molar-refractivity contribution in [3.05, 3.63) is 40.7 Å². The van der Waals surface area contributed by atoms with Crippen molar-refractivity contribution in [2.24, 2.45) is 0 Å². The van der Waals surface area contributed by atoms with Crippen LogP contribution in [-0.4, -0.2) is 21.6 Å². The SMILES string of the molecule is O=c1c2cc3c(cc2c2cccc4nnn1c42)OCO3. The molecular formula is C14H7N3O3. The molecule has 0 saturated carbocycles. The zero-order valence-corrected chi connectivity index (χ0v) is 10.2. The Morgan fingerprint density at radius 1 is 1.05 bits per heavy atom. The van der Waals surface area contributed by atoms with E-state index in [0.717, 1.165) is 16.3 Å². The standard InChI is InChI=1S/C14H7N3O3/c18-14-9-5-12-11(19-6-20-12)4-8(9)7-2-1-3-10-13(7)17(14)16-15-10/h1-5H,6H2. The van der Waals surface area contributed by atoms with Gasteiger partial charge in [0.05, 0.1) is 5.39 Å². The van der Waals surface area contributed by atoms with Crippen LogP contribution < -0.4 is 15.0 Å². The molecule has 0 atom stereocenters. The van der Waals surface area contributed by atoms with Crippen molar-refractivity contribution in [3.8, 4) is 11.5 Å². The number of aromatic nitrogens is 3. The molecule has 0 spiro atoms. The number of benzene rings is 2. The van der Waals surface area contributed by atoms with Gasteiger partial charge in [-0.15, -0.1) is 5.10 Å². The second-order valence-electron chi connectivity index (χ2n) is 4.73. The number of ether oxygens (including phenoxy) is 2. The highest BCUT2D eigenvalue weighted by molar-refractivity contribution is 6.11. The van der Waals surface area contributed by atoms with Crippen LogP contribution in [0.5, 0.6) is 11.5 Å². The Morgan fingerprint density at radius 3 is 2.70 bits per heavy atom. The van der Waals surface area contributed by atoms with Gasteiger partial charge in [0, 0.05) is 10.8 Å². The number of fused-ring (bicyclic) bond motifs is 3. The average Bonchev–Trinajstić information content (AvgIpc) is 3.10. The number of pyridine rings is 1. The van der Waals surface area contributed by atoms with Crippen molar-refractivity contribution >= 4 is 27.2 Å². The van der Waals surface area contributed by atoms with Gasteiger partial charge >= 0.3 is 0 Å². The molecule has 1 aliphatic rings. The minimum atomic E-state index is -0.195. The predicted octanol–water partition coefficient (Wildman–Crippen LogP) is 1.56. The smallest absolute Gasteiger partial charge is 0.280 e. The first kappa shape index (κ1) is 9.96. The molecule has 2 aromatic carbocycles. The molecule has 1 aliphatic heterocycles. The lowest BCUT2D eigenvalue weighted by Crippen LogP contribution is -2.14. The second-order valence-corrected chi connectivity index (χ2v) is 4.73. The van der Waals surface area contributed by atoms with Crippen molar-refractivity contribution in [3.63, 3.8) is 0 Å². The first-order valence-corrected chi connectivity index (χ1v) is 6.16. The molecule has 5 rings (SSSR count). The molecule has 0 N–H and O–H groups in total.